The highest BCUT2D eigenvalue weighted by Crippen LogP contribution is 2.33. The van der Waals surface area contributed by atoms with Crippen LogP contribution >= 0.6 is 0 Å². The molecule has 0 aromatic heterocycles. The molecule has 0 saturated carbocycles. The number of hydrogen-bond acceptors (Lipinski definition) is 4. The van der Waals surface area contributed by atoms with Crippen LogP contribution in [0.15, 0.2) is 54.6 Å². The molecule has 0 fully saturated rings. The minimum atomic E-state index is -2.90. The van der Waals surface area contributed by atoms with E-state index in [9.17, 15) is 18.4 Å². The summed E-state index contributed by atoms with van der Waals surface area (Å²) < 4.78 is 34.1. The van der Waals surface area contributed by atoms with Crippen LogP contribution in [0.5, 0.6) is 11.5 Å². The van der Waals surface area contributed by atoms with E-state index in [1.54, 1.807) is 36.4 Å². The van der Waals surface area contributed by atoms with Gasteiger partial charge in [0.05, 0.1) is 12.2 Å². The van der Waals surface area contributed by atoms with Crippen molar-refractivity contribution in [2.75, 3.05) is 11.4 Å². The first kappa shape index (κ1) is 18.4. The summed E-state index contributed by atoms with van der Waals surface area (Å²) in [6, 6.07) is 12.7. The second-order valence-corrected chi connectivity index (χ2v) is 5.71. The largest absolute Gasteiger partial charge is 0.477 e. The van der Waals surface area contributed by atoms with Crippen LogP contribution in [0.2, 0.25) is 0 Å². The first-order valence-corrected chi connectivity index (χ1v) is 8.03. The fraction of sp³-hybridized carbons (Fsp3) is 0.158. The Balaban J connectivity index is 1.76. The molecule has 1 aliphatic heterocycles. The molecule has 1 heterocycles. The lowest BCUT2D eigenvalue weighted by molar-refractivity contribution is -0.125. The van der Waals surface area contributed by atoms with Crippen molar-refractivity contribution in [3.8, 4) is 11.5 Å². The number of amides is 2. The number of hydrogen-bond donors (Lipinski definition) is 1. The van der Waals surface area contributed by atoms with Gasteiger partial charge in [0.25, 0.3) is 11.8 Å². The van der Waals surface area contributed by atoms with Gasteiger partial charge in [-0.2, -0.15) is 8.78 Å². The van der Waals surface area contributed by atoms with E-state index in [-0.39, 0.29) is 18.2 Å². The zero-order chi connectivity index (χ0) is 19.4. The molecule has 140 valence electrons. The lowest BCUT2D eigenvalue weighted by Gasteiger charge is -2.32. The number of alkyl halides is 2. The Bertz CT molecular complexity index is 868. The van der Waals surface area contributed by atoms with Crippen molar-refractivity contribution in [2.45, 2.75) is 12.7 Å². The smallest absolute Gasteiger partial charge is 0.387 e. The molecular formula is C19H16F2N2O4. The Morgan fingerprint density at radius 2 is 1.89 bits per heavy atom. The lowest BCUT2D eigenvalue weighted by atomic mass is 10.1. The van der Waals surface area contributed by atoms with Gasteiger partial charge in [0.15, 0.2) is 6.10 Å². The second-order valence-electron chi connectivity index (χ2n) is 5.71. The molecule has 2 aromatic carbocycles. The Morgan fingerprint density at radius 1 is 1.19 bits per heavy atom. The Labute approximate surface area is 153 Å². The van der Waals surface area contributed by atoms with E-state index in [0.717, 1.165) is 0 Å². The minimum Gasteiger partial charge on any atom is -0.477 e. The Kier molecular flexibility index (Phi) is 5.35. The molecule has 1 atom stereocenters. The summed E-state index contributed by atoms with van der Waals surface area (Å²) in [5, 5.41) is 0. The van der Waals surface area contributed by atoms with Crippen LogP contribution in [-0.4, -0.2) is 31.1 Å². The molecule has 8 heteroatoms. The van der Waals surface area contributed by atoms with Crippen LogP contribution < -0.4 is 20.1 Å². The van der Waals surface area contributed by atoms with Crippen molar-refractivity contribution in [1.29, 1.82) is 0 Å². The van der Waals surface area contributed by atoms with Crippen LogP contribution in [0.25, 0.3) is 6.08 Å². The van der Waals surface area contributed by atoms with Gasteiger partial charge in [0, 0.05) is 6.08 Å². The SMILES string of the molecule is NC(=O)[C@H]1CN(C(=O)/C=C/c2ccc(OC(F)F)cc2)c2ccccc2O1. The van der Waals surface area contributed by atoms with Crippen molar-refractivity contribution in [1.82, 2.24) is 0 Å². The third-order valence-corrected chi connectivity index (χ3v) is 3.88. The quantitative estimate of drug-likeness (QED) is 0.816. The summed E-state index contributed by atoms with van der Waals surface area (Å²) in [5.74, 6) is -0.617. The average molecular weight is 374 g/mol. The highest BCUT2D eigenvalue weighted by Gasteiger charge is 2.31. The van der Waals surface area contributed by atoms with Gasteiger partial charge in [-0.25, -0.2) is 0 Å². The molecule has 0 unspecified atom stereocenters. The first-order chi connectivity index (χ1) is 12.9. The average Bonchev–Trinajstić information content (AvgIpc) is 2.65. The molecule has 0 bridgehead atoms. The van der Waals surface area contributed by atoms with E-state index in [1.807, 2.05) is 0 Å². The molecule has 6 nitrogen and oxygen atoms in total. The van der Waals surface area contributed by atoms with Crippen LogP contribution in [0.1, 0.15) is 5.56 Å². The molecular weight excluding hydrogens is 358 g/mol. The van der Waals surface area contributed by atoms with Crippen molar-refractivity contribution >= 4 is 23.6 Å². The molecule has 3 rings (SSSR count). The number of halogens is 2. The number of benzene rings is 2. The van der Waals surface area contributed by atoms with Crippen molar-refractivity contribution < 1.29 is 27.8 Å². The van der Waals surface area contributed by atoms with Gasteiger partial charge in [-0.15, -0.1) is 0 Å². The minimum absolute atomic E-state index is 0.00329. The molecule has 0 radical (unpaired) electrons. The second kappa shape index (κ2) is 7.86. The summed E-state index contributed by atoms with van der Waals surface area (Å²) in [6.45, 7) is -2.90. The van der Waals surface area contributed by atoms with E-state index in [2.05, 4.69) is 4.74 Å². The number of carbonyl (C=O) groups excluding carboxylic acids is 2. The zero-order valence-corrected chi connectivity index (χ0v) is 14.0. The normalized spacial score (nSPS) is 16.1. The lowest BCUT2D eigenvalue weighted by Crippen LogP contribution is -2.49. The van der Waals surface area contributed by atoms with Crippen molar-refractivity contribution in [3.63, 3.8) is 0 Å². The fourth-order valence-electron chi connectivity index (χ4n) is 2.61. The maximum Gasteiger partial charge on any atom is 0.387 e. The molecule has 2 N–H and O–H groups in total. The van der Waals surface area contributed by atoms with E-state index < -0.39 is 18.6 Å². The fourth-order valence-corrected chi connectivity index (χ4v) is 2.61. The van der Waals surface area contributed by atoms with Crippen LogP contribution in [0.4, 0.5) is 14.5 Å². The predicted molar refractivity (Wildman–Crippen MR) is 94.5 cm³/mol. The highest BCUT2D eigenvalue weighted by atomic mass is 19.3. The van der Waals surface area contributed by atoms with Gasteiger partial charge in [0.2, 0.25) is 0 Å². The van der Waals surface area contributed by atoms with Crippen LogP contribution in [0.3, 0.4) is 0 Å². The number of fused-ring (bicyclic) bond motifs is 1. The number of ether oxygens (including phenoxy) is 2. The Morgan fingerprint density at radius 3 is 2.56 bits per heavy atom. The maximum atomic E-state index is 12.6. The third kappa shape index (κ3) is 4.41. The standard InChI is InChI=1S/C19H16F2N2O4/c20-19(21)26-13-8-5-12(6-9-13)7-10-17(24)23-11-16(18(22)25)27-15-4-2-1-3-14(15)23/h1-10,16,19H,11H2,(H2,22,25)/b10-7+/t16-/m1/s1. The van der Waals surface area contributed by atoms with Gasteiger partial charge in [0.1, 0.15) is 11.5 Å². The van der Waals surface area contributed by atoms with E-state index in [4.69, 9.17) is 10.5 Å². The van der Waals surface area contributed by atoms with Crippen molar-refractivity contribution in [3.05, 3.63) is 60.2 Å². The molecule has 2 amide bonds. The monoisotopic (exact) mass is 374 g/mol. The molecule has 0 saturated heterocycles. The summed E-state index contributed by atoms with van der Waals surface area (Å²) in [5.41, 5.74) is 6.47. The van der Waals surface area contributed by atoms with Gasteiger partial charge in [-0.1, -0.05) is 24.3 Å². The number of nitrogens with two attached hydrogens (primary N) is 1. The molecule has 1 aliphatic rings. The highest BCUT2D eigenvalue weighted by molar-refractivity contribution is 6.05. The predicted octanol–water partition coefficient (Wildman–Crippen LogP) is 2.58. The first-order valence-electron chi connectivity index (χ1n) is 8.03. The maximum absolute atomic E-state index is 12.6. The van der Waals surface area contributed by atoms with E-state index >= 15 is 0 Å². The summed E-state index contributed by atoms with van der Waals surface area (Å²) in [6.07, 6.45) is 1.91. The van der Waals surface area contributed by atoms with Crippen LogP contribution in [-0.2, 0) is 9.59 Å². The molecule has 27 heavy (non-hydrogen) atoms. The van der Waals surface area contributed by atoms with Gasteiger partial charge in [-0.3, -0.25) is 9.59 Å². The van der Waals surface area contributed by atoms with Gasteiger partial charge < -0.3 is 20.1 Å². The Hall–Kier alpha value is -3.42. The summed E-state index contributed by atoms with van der Waals surface area (Å²) >= 11 is 0. The number of rotatable bonds is 5. The van der Waals surface area contributed by atoms with Crippen molar-refractivity contribution in [2.24, 2.45) is 5.73 Å². The van der Waals surface area contributed by atoms with E-state index in [1.165, 1.54) is 29.2 Å². The number of anilines is 1. The third-order valence-electron chi connectivity index (χ3n) is 3.88. The topological polar surface area (TPSA) is 81.9 Å². The number of primary amides is 1. The molecule has 0 spiro atoms. The van der Waals surface area contributed by atoms with Crippen LogP contribution in [0, 0.1) is 0 Å². The molecule has 2 aromatic rings. The number of carbonyl (C=O) groups is 2. The number of para-hydroxylation sites is 2. The van der Waals surface area contributed by atoms with E-state index in [0.29, 0.717) is 17.0 Å². The summed E-state index contributed by atoms with van der Waals surface area (Å²) in [4.78, 5) is 25.5. The van der Waals surface area contributed by atoms with Gasteiger partial charge in [-0.05, 0) is 35.9 Å². The molecule has 0 aliphatic carbocycles. The summed E-state index contributed by atoms with van der Waals surface area (Å²) in [7, 11) is 0. The zero-order valence-electron chi connectivity index (χ0n) is 14.0. The number of nitrogens with zero attached hydrogens (tertiary/aromatic N) is 1. The van der Waals surface area contributed by atoms with Gasteiger partial charge >= 0.3 is 6.61 Å².